The van der Waals surface area contributed by atoms with E-state index in [0.29, 0.717) is 11.8 Å². The first-order valence-corrected chi connectivity index (χ1v) is 26.7. The Balaban J connectivity index is 0.951. The van der Waals surface area contributed by atoms with Gasteiger partial charge in [-0.2, -0.15) is 0 Å². The van der Waals surface area contributed by atoms with Gasteiger partial charge in [-0.1, -0.05) is 200 Å². The Hall–Kier alpha value is -8.20. The van der Waals surface area contributed by atoms with Crippen LogP contribution in [0, 0.1) is 23.7 Å². The van der Waals surface area contributed by atoms with E-state index in [1.807, 2.05) is 0 Å². The van der Waals surface area contributed by atoms with Crippen LogP contribution in [0.4, 0.5) is 17.1 Å². The van der Waals surface area contributed by atoms with E-state index in [9.17, 15) is 0 Å². The molecule has 1 spiro atoms. The van der Waals surface area contributed by atoms with Gasteiger partial charge in [0.05, 0.1) is 22.1 Å². The maximum Gasteiger partial charge on any atom is 0.0708 e. The molecule has 350 valence electrons. The minimum atomic E-state index is -0.548. The fraction of sp³-hybridized carbons (Fsp3) is 0.155. The summed E-state index contributed by atoms with van der Waals surface area (Å²) in [5.41, 5.74) is 19.9. The molecule has 4 bridgehead atoms. The highest BCUT2D eigenvalue weighted by Gasteiger charge is 2.63. The molecular formula is C71H56N2. The van der Waals surface area contributed by atoms with E-state index in [1.165, 1.54) is 110 Å². The Morgan fingerprint density at radius 3 is 1.40 bits per heavy atom. The van der Waals surface area contributed by atoms with Crippen molar-refractivity contribution in [1.82, 2.24) is 4.57 Å². The van der Waals surface area contributed by atoms with Crippen molar-refractivity contribution < 1.29 is 0 Å². The maximum atomic E-state index is 2.63. The summed E-state index contributed by atoms with van der Waals surface area (Å²) in [7, 11) is 0. The predicted octanol–water partition coefficient (Wildman–Crippen LogP) is 18.0. The van der Waals surface area contributed by atoms with Gasteiger partial charge in [-0.15, -0.1) is 0 Å². The number of anilines is 3. The second-order valence-electron chi connectivity index (χ2n) is 21.6. The van der Waals surface area contributed by atoms with E-state index in [0.717, 1.165) is 23.2 Å². The van der Waals surface area contributed by atoms with Gasteiger partial charge >= 0.3 is 0 Å². The van der Waals surface area contributed by atoms with Gasteiger partial charge in [-0.05, 0) is 160 Å². The van der Waals surface area contributed by atoms with Crippen LogP contribution in [0.25, 0.3) is 49.7 Å². The van der Waals surface area contributed by atoms with Crippen LogP contribution in [0.2, 0.25) is 0 Å². The van der Waals surface area contributed by atoms with Gasteiger partial charge in [0.25, 0.3) is 0 Å². The summed E-state index contributed by atoms with van der Waals surface area (Å²) >= 11 is 0. The quantitative estimate of drug-likeness (QED) is 0.147. The average molecular weight is 937 g/mol. The third kappa shape index (κ3) is 6.29. The molecule has 10 aromatic carbocycles. The zero-order valence-corrected chi connectivity index (χ0v) is 41.0. The molecule has 11 aromatic rings. The molecule has 5 aliphatic carbocycles. The van der Waals surface area contributed by atoms with E-state index in [2.05, 4.69) is 264 Å². The number of nitrogens with zero attached hydrogens (tertiary/aromatic N) is 2. The molecule has 0 atom stereocenters. The molecule has 1 aromatic heterocycles. The van der Waals surface area contributed by atoms with Crippen LogP contribution in [0.3, 0.4) is 0 Å². The van der Waals surface area contributed by atoms with Crippen molar-refractivity contribution in [2.75, 3.05) is 4.90 Å². The third-order valence-corrected chi connectivity index (χ3v) is 18.1. The van der Waals surface area contributed by atoms with Gasteiger partial charge in [-0.25, -0.2) is 0 Å². The summed E-state index contributed by atoms with van der Waals surface area (Å²) in [6.07, 6.45) is 6.75. The molecule has 73 heavy (non-hydrogen) atoms. The first-order chi connectivity index (χ1) is 36.2. The molecule has 4 saturated carbocycles. The molecule has 2 nitrogen and oxygen atoms in total. The van der Waals surface area contributed by atoms with Crippen molar-refractivity contribution in [3.63, 3.8) is 0 Å². The van der Waals surface area contributed by atoms with Crippen molar-refractivity contribution in [2.45, 2.75) is 42.9 Å². The lowest BCUT2D eigenvalue weighted by Gasteiger charge is -2.65. The molecule has 16 rings (SSSR count). The fourth-order valence-electron chi connectivity index (χ4n) is 15.5. The molecule has 0 unspecified atom stereocenters. The van der Waals surface area contributed by atoms with E-state index in [1.54, 1.807) is 11.1 Å². The molecule has 0 aliphatic heterocycles. The molecule has 1 heterocycles. The lowest BCUT2D eigenvalue weighted by molar-refractivity contribution is -0.0440. The largest absolute Gasteiger partial charge is 0.310 e. The molecule has 0 radical (unpaired) electrons. The smallest absolute Gasteiger partial charge is 0.0708 e. The zero-order chi connectivity index (χ0) is 48.1. The number of fused-ring (bicyclic) bond motifs is 5. The fourth-order valence-corrected chi connectivity index (χ4v) is 15.5. The number of para-hydroxylation sites is 3. The summed E-state index contributed by atoms with van der Waals surface area (Å²) in [4.78, 5) is 2.52. The van der Waals surface area contributed by atoms with Crippen LogP contribution >= 0.6 is 0 Å². The van der Waals surface area contributed by atoms with Gasteiger partial charge in [0.1, 0.15) is 0 Å². The highest BCUT2D eigenvalue weighted by atomic mass is 15.1. The number of benzene rings is 10. The van der Waals surface area contributed by atoms with E-state index in [-0.39, 0.29) is 5.41 Å². The van der Waals surface area contributed by atoms with Crippen molar-refractivity contribution in [3.8, 4) is 27.9 Å². The molecule has 0 saturated heterocycles. The normalized spacial score (nSPS) is 21.0. The van der Waals surface area contributed by atoms with Crippen molar-refractivity contribution in [1.29, 1.82) is 0 Å². The van der Waals surface area contributed by atoms with Crippen LogP contribution in [0.5, 0.6) is 0 Å². The van der Waals surface area contributed by atoms with Gasteiger partial charge in [0.2, 0.25) is 0 Å². The van der Waals surface area contributed by atoms with Crippen molar-refractivity contribution >= 4 is 38.9 Å². The number of hydrogen-bond acceptors (Lipinski definition) is 1. The Bertz CT molecular complexity index is 3730. The van der Waals surface area contributed by atoms with E-state index in [4.69, 9.17) is 0 Å². The zero-order valence-electron chi connectivity index (χ0n) is 41.0. The Morgan fingerprint density at radius 1 is 0.342 bits per heavy atom. The number of hydrogen-bond donors (Lipinski definition) is 0. The lowest BCUT2D eigenvalue weighted by Crippen LogP contribution is -2.59. The van der Waals surface area contributed by atoms with Crippen LogP contribution in [-0.2, 0) is 10.8 Å². The SMILES string of the molecule is c1ccc(-c2ccc(N(c3ccc(-c4ccccc4-n4c5ccccc5c5ccccc54)cc3)c3ccc4c(c3)C(c3ccccc3)(c3ccccc3)c3ccccc3C43C4CC5CC(C4)CC3C5)cc2)cc1. The summed E-state index contributed by atoms with van der Waals surface area (Å²) in [6, 6.07) is 96.3. The Labute approximate surface area is 428 Å². The topological polar surface area (TPSA) is 8.17 Å². The minimum absolute atomic E-state index is 0.0431. The second-order valence-corrected chi connectivity index (χ2v) is 21.6. The van der Waals surface area contributed by atoms with Crippen LogP contribution in [0.1, 0.15) is 65.5 Å². The van der Waals surface area contributed by atoms with Gasteiger partial charge in [0, 0.05) is 38.8 Å². The lowest BCUT2D eigenvalue weighted by atomic mass is 9.38. The molecule has 0 amide bonds. The van der Waals surface area contributed by atoms with Crippen LogP contribution in [0.15, 0.2) is 255 Å². The molecule has 4 fully saturated rings. The minimum Gasteiger partial charge on any atom is -0.310 e. The first-order valence-electron chi connectivity index (χ1n) is 26.7. The summed E-state index contributed by atoms with van der Waals surface area (Å²) in [6.45, 7) is 0. The maximum absolute atomic E-state index is 2.63. The summed E-state index contributed by atoms with van der Waals surface area (Å²) < 4.78 is 2.45. The first kappa shape index (κ1) is 42.5. The molecular weight excluding hydrogens is 881 g/mol. The standard InChI is InChI=1S/C71H56N2/c1-4-18-50(19-5-1)51-32-36-57(37-33-51)72(58-38-34-52(35-39-58)60-24-10-15-29-67(60)73-68-30-16-11-25-61(68)62-26-12-17-31-69(62)73)59-40-41-65-66(47-59)70(53-20-6-2-7-21-53,54-22-8-3-9-23-54)63-27-13-14-28-64(63)71(65)55-43-48-42-49(45-55)46-56(71)44-48/h1-41,47-49,55-56H,42-46H2. The summed E-state index contributed by atoms with van der Waals surface area (Å²) in [5, 5.41) is 2.53. The van der Waals surface area contributed by atoms with Crippen molar-refractivity contribution in [3.05, 3.63) is 288 Å². The van der Waals surface area contributed by atoms with E-state index < -0.39 is 5.41 Å². The Morgan fingerprint density at radius 2 is 0.795 bits per heavy atom. The highest BCUT2D eigenvalue weighted by molar-refractivity contribution is 6.09. The van der Waals surface area contributed by atoms with E-state index >= 15 is 0 Å². The highest BCUT2D eigenvalue weighted by Crippen LogP contribution is 2.70. The predicted molar refractivity (Wildman–Crippen MR) is 302 cm³/mol. The third-order valence-electron chi connectivity index (χ3n) is 18.1. The Kier molecular flexibility index (Phi) is 9.71. The second kappa shape index (κ2) is 16.7. The summed E-state index contributed by atoms with van der Waals surface area (Å²) in [5.74, 6) is 2.95. The number of rotatable bonds is 8. The molecule has 5 aliphatic rings. The number of aromatic nitrogens is 1. The average Bonchev–Trinajstić information content (AvgIpc) is 3.82. The van der Waals surface area contributed by atoms with Crippen molar-refractivity contribution in [2.24, 2.45) is 23.7 Å². The molecule has 0 N–H and O–H groups in total. The van der Waals surface area contributed by atoms with Crippen LogP contribution in [-0.4, -0.2) is 4.57 Å². The van der Waals surface area contributed by atoms with Gasteiger partial charge < -0.3 is 9.47 Å². The molecule has 2 heteroatoms. The monoisotopic (exact) mass is 936 g/mol. The van der Waals surface area contributed by atoms with Gasteiger partial charge in [0.15, 0.2) is 0 Å². The van der Waals surface area contributed by atoms with Crippen LogP contribution < -0.4 is 4.90 Å². The van der Waals surface area contributed by atoms with Gasteiger partial charge in [-0.3, -0.25) is 0 Å².